The van der Waals surface area contributed by atoms with Crippen LogP contribution in [-0.4, -0.2) is 12.0 Å². The van der Waals surface area contributed by atoms with Crippen molar-refractivity contribution in [1.82, 2.24) is 10.3 Å². The van der Waals surface area contributed by atoms with Crippen LogP contribution in [0.5, 0.6) is 11.5 Å². The molecule has 0 aliphatic rings. The molecule has 2 aromatic rings. The maximum absolute atomic E-state index is 5.81. The van der Waals surface area contributed by atoms with Gasteiger partial charge in [0, 0.05) is 12.7 Å². The van der Waals surface area contributed by atoms with Crippen molar-refractivity contribution >= 4 is 0 Å². The highest BCUT2D eigenvalue weighted by Crippen LogP contribution is 2.23. The average Bonchev–Trinajstić information content (AvgIpc) is 2.35. The van der Waals surface area contributed by atoms with Gasteiger partial charge in [-0.25, -0.2) is 0 Å². The second-order valence-corrected chi connectivity index (χ2v) is 4.41. The minimum absolute atomic E-state index is 0.769. The molecule has 0 fully saturated rings. The van der Waals surface area contributed by atoms with E-state index in [2.05, 4.69) is 30.2 Å². The van der Waals surface area contributed by atoms with Crippen LogP contribution in [0.4, 0.5) is 0 Å². The average molecular weight is 242 g/mol. The van der Waals surface area contributed by atoms with Gasteiger partial charge in [0.15, 0.2) is 0 Å². The maximum atomic E-state index is 5.81. The van der Waals surface area contributed by atoms with Gasteiger partial charge in [0.05, 0.1) is 6.20 Å². The first kappa shape index (κ1) is 12.6. The largest absolute Gasteiger partial charge is 0.456 e. The van der Waals surface area contributed by atoms with Crippen molar-refractivity contribution in [2.24, 2.45) is 0 Å². The van der Waals surface area contributed by atoms with Gasteiger partial charge in [-0.05, 0) is 55.8 Å². The Balaban J connectivity index is 2.17. The molecular formula is C15H18N2O. The first-order valence-electron chi connectivity index (χ1n) is 6.02. The Hall–Kier alpha value is -1.87. The quantitative estimate of drug-likeness (QED) is 0.894. The number of nitrogens with zero attached hydrogens (tertiary/aromatic N) is 1. The smallest absolute Gasteiger partial charge is 0.146 e. The molecular weight excluding hydrogens is 224 g/mol. The summed E-state index contributed by atoms with van der Waals surface area (Å²) in [5.41, 5.74) is 3.61. The first-order valence-corrected chi connectivity index (χ1v) is 6.02. The highest BCUT2D eigenvalue weighted by Gasteiger charge is 2.01. The predicted octanol–water partition coefficient (Wildman–Crippen LogP) is 3.21. The van der Waals surface area contributed by atoms with E-state index in [1.165, 1.54) is 11.1 Å². The van der Waals surface area contributed by atoms with Crippen molar-refractivity contribution in [3.8, 4) is 11.5 Å². The topological polar surface area (TPSA) is 34.2 Å². The Kier molecular flexibility index (Phi) is 3.95. The number of hydrogen-bond acceptors (Lipinski definition) is 3. The van der Waals surface area contributed by atoms with Crippen LogP contribution in [0, 0.1) is 13.8 Å². The zero-order chi connectivity index (χ0) is 13.0. The summed E-state index contributed by atoms with van der Waals surface area (Å²) in [6, 6.07) is 8.08. The van der Waals surface area contributed by atoms with Gasteiger partial charge in [0.25, 0.3) is 0 Å². The summed E-state index contributed by atoms with van der Waals surface area (Å²) in [6.07, 6.45) is 3.57. The Bertz CT molecular complexity index is 538. The zero-order valence-electron chi connectivity index (χ0n) is 11.0. The van der Waals surface area contributed by atoms with Crippen LogP contribution in [0.25, 0.3) is 0 Å². The number of aryl methyl sites for hydroxylation is 2. The van der Waals surface area contributed by atoms with E-state index in [1.54, 1.807) is 6.20 Å². The number of hydrogen-bond donors (Lipinski definition) is 1. The zero-order valence-corrected chi connectivity index (χ0v) is 11.0. The van der Waals surface area contributed by atoms with Gasteiger partial charge < -0.3 is 10.1 Å². The summed E-state index contributed by atoms with van der Waals surface area (Å²) in [6.45, 7) is 4.96. The van der Waals surface area contributed by atoms with Crippen molar-refractivity contribution in [3.05, 3.63) is 53.3 Å². The van der Waals surface area contributed by atoms with Gasteiger partial charge in [0.2, 0.25) is 0 Å². The molecule has 0 spiro atoms. The second kappa shape index (κ2) is 5.65. The maximum Gasteiger partial charge on any atom is 0.146 e. The summed E-state index contributed by atoms with van der Waals surface area (Å²) in [4.78, 5) is 4.17. The molecule has 0 saturated heterocycles. The van der Waals surface area contributed by atoms with Crippen molar-refractivity contribution in [3.63, 3.8) is 0 Å². The van der Waals surface area contributed by atoms with Gasteiger partial charge in [-0.1, -0.05) is 6.07 Å². The van der Waals surface area contributed by atoms with E-state index in [-0.39, 0.29) is 0 Å². The minimum atomic E-state index is 0.769. The lowest BCUT2D eigenvalue weighted by atomic mass is 10.1. The third kappa shape index (κ3) is 3.08. The summed E-state index contributed by atoms with van der Waals surface area (Å²) in [5, 5.41) is 3.10. The highest BCUT2D eigenvalue weighted by molar-refractivity contribution is 5.37. The molecule has 0 unspecified atom stereocenters. The molecule has 0 aliphatic heterocycles. The van der Waals surface area contributed by atoms with Crippen LogP contribution in [-0.2, 0) is 6.54 Å². The Morgan fingerprint density at radius 2 is 1.89 bits per heavy atom. The molecule has 1 N–H and O–H groups in total. The molecule has 0 amide bonds. The van der Waals surface area contributed by atoms with Gasteiger partial charge in [-0.2, -0.15) is 0 Å². The summed E-state index contributed by atoms with van der Waals surface area (Å²) < 4.78 is 5.81. The fourth-order valence-electron chi connectivity index (χ4n) is 1.73. The molecule has 0 aliphatic carbocycles. The number of pyridine rings is 1. The normalized spacial score (nSPS) is 10.4. The molecule has 1 aromatic carbocycles. The molecule has 1 heterocycles. The highest BCUT2D eigenvalue weighted by atomic mass is 16.5. The summed E-state index contributed by atoms with van der Waals surface area (Å²) in [7, 11) is 1.91. The van der Waals surface area contributed by atoms with Crippen LogP contribution < -0.4 is 10.1 Å². The van der Waals surface area contributed by atoms with E-state index < -0.39 is 0 Å². The van der Waals surface area contributed by atoms with Gasteiger partial charge in [-0.15, -0.1) is 0 Å². The van der Waals surface area contributed by atoms with Crippen molar-refractivity contribution in [2.45, 2.75) is 20.4 Å². The van der Waals surface area contributed by atoms with E-state index in [0.717, 1.165) is 23.6 Å². The Morgan fingerprint density at radius 1 is 1.06 bits per heavy atom. The number of rotatable bonds is 4. The van der Waals surface area contributed by atoms with Gasteiger partial charge >= 0.3 is 0 Å². The summed E-state index contributed by atoms with van der Waals surface area (Å²) in [5.74, 6) is 1.62. The predicted molar refractivity (Wildman–Crippen MR) is 73.0 cm³/mol. The fraction of sp³-hybridized carbons (Fsp3) is 0.267. The van der Waals surface area contributed by atoms with E-state index in [0.29, 0.717) is 0 Å². The third-order valence-electron chi connectivity index (χ3n) is 2.86. The Morgan fingerprint density at radius 3 is 2.61 bits per heavy atom. The molecule has 94 valence electrons. The molecule has 18 heavy (non-hydrogen) atoms. The standard InChI is InChI=1S/C15H18N2O/c1-11-4-5-14(6-12(11)2)18-15-7-13(8-16-3)9-17-10-15/h4-7,9-10,16H,8H2,1-3H3. The van der Waals surface area contributed by atoms with Gasteiger partial charge in [0.1, 0.15) is 11.5 Å². The van der Waals surface area contributed by atoms with E-state index in [1.807, 2.05) is 31.4 Å². The monoisotopic (exact) mass is 242 g/mol. The molecule has 0 atom stereocenters. The van der Waals surface area contributed by atoms with Gasteiger partial charge in [-0.3, -0.25) is 4.98 Å². The molecule has 3 nitrogen and oxygen atoms in total. The minimum Gasteiger partial charge on any atom is -0.456 e. The number of ether oxygens (including phenoxy) is 1. The Labute approximate surface area is 108 Å². The number of aromatic nitrogens is 1. The number of nitrogens with one attached hydrogen (secondary N) is 1. The molecule has 2 rings (SSSR count). The van der Waals surface area contributed by atoms with Crippen LogP contribution >= 0.6 is 0 Å². The molecule has 0 bridgehead atoms. The van der Waals surface area contributed by atoms with E-state index in [4.69, 9.17) is 4.74 Å². The van der Waals surface area contributed by atoms with Crippen LogP contribution in [0.2, 0.25) is 0 Å². The van der Waals surface area contributed by atoms with Crippen molar-refractivity contribution in [2.75, 3.05) is 7.05 Å². The van der Waals surface area contributed by atoms with Crippen LogP contribution in [0.3, 0.4) is 0 Å². The second-order valence-electron chi connectivity index (χ2n) is 4.41. The van der Waals surface area contributed by atoms with Crippen molar-refractivity contribution < 1.29 is 4.74 Å². The van der Waals surface area contributed by atoms with E-state index in [9.17, 15) is 0 Å². The van der Waals surface area contributed by atoms with Crippen LogP contribution in [0.1, 0.15) is 16.7 Å². The lowest BCUT2D eigenvalue weighted by Crippen LogP contribution is -2.05. The van der Waals surface area contributed by atoms with Crippen molar-refractivity contribution in [1.29, 1.82) is 0 Å². The first-order chi connectivity index (χ1) is 8.69. The lowest BCUT2D eigenvalue weighted by molar-refractivity contribution is 0.478. The fourth-order valence-corrected chi connectivity index (χ4v) is 1.73. The number of benzene rings is 1. The van der Waals surface area contributed by atoms with E-state index >= 15 is 0 Å². The summed E-state index contributed by atoms with van der Waals surface area (Å²) >= 11 is 0. The SMILES string of the molecule is CNCc1cncc(Oc2ccc(C)c(C)c2)c1. The molecule has 0 saturated carbocycles. The molecule has 3 heteroatoms. The lowest BCUT2D eigenvalue weighted by Gasteiger charge is -2.08. The van der Waals surface area contributed by atoms with Crippen LogP contribution in [0.15, 0.2) is 36.7 Å². The molecule has 0 radical (unpaired) electrons. The third-order valence-corrected chi connectivity index (χ3v) is 2.86. The molecule has 1 aromatic heterocycles.